The van der Waals surface area contributed by atoms with Crippen LogP contribution >= 0.6 is 0 Å². The highest BCUT2D eigenvalue weighted by atomic mass is 16.5. The molecule has 1 aromatic rings. The lowest BCUT2D eigenvalue weighted by Gasteiger charge is -2.17. The van der Waals surface area contributed by atoms with Crippen LogP contribution < -0.4 is 15.4 Å². The molecule has 0 amide bonds. The van der Waals surface area contributed by atoms with Crippen LogP contribution in [-0.2, 0) is 6.54 Å². The molecule has 1 fully saturated rings. The molecule has 122 valence electrons. The average Bonchev–Trinajstić information content (AvgIpc) is 3.00. The fourth-order valence-corrected chi connectivity index (χ4v) is 2.97. The lowest BCUT2D eigenvalue weighted by Crippen LogP contribution is -2.42. The number of pyridine rings is 1. The maximum Gasteiger partial charge on any atom is 0.191 e. The minimum absolute atomic E-state index is 0.555. The topological polar surface area (TPSA) is 58.5 Å². The van der Waals surface area contributed by atoms with Crippen molar-refractivity contribution in [1.29, 1.82) is 0 Å². The highest BCUT2D eigenvalue weighted by molar-refractivity contribution is 5.80. The van der Waals surface area contributed by atoms with Crippen LogP contribution in [0.2, 0.25) is 0 Å². The third-order valence-corrected chi connectivity index (χ3v) is 4.18. The number of nitrogens with one attached hydrogen (secondary N) is 2. The van der Waals surface area contributed by atoms with Crippen molar-refractivity contribution in [3.05, 3.63) is 23.0 Å². The summed E-state index contributed by atoms with van der Waals surface area (Å²) in [6.45, 7) is 7.57. The molecule has 0 unspecified atom stereocenters. The minimum Gasteiger partial charge on any atom is -0.496 e. The monoisotopic (exact) mass is 304 g/mol. The lowest BCUT2D eigenvalue weighted by atomic mass is 10.1. The fourth-order valence-electron chi connectivity index (χ4n) is 2.97. The van der Waals surface area contributed by atoms with Gasteiger partial charge in [-0.3, -0.25) is 4.98 Å². The molecule has 1 heterocycles. The molecule has 1 aromatic heterocycles. The summed E-state index contributed by atoms with van der Waals surface area (Å²) >= 11 is 0. The van der Waals surface area contributed by atoms with E-state index in [4.69, 9.17) is 4.74 Å². The van der Waals surface area contributed by atoms with Crippen molar-refractivity contribution in [2.24, 2.45) is 4.99 Å². The van der Waals surface area contributed by atoms with Crippen LogP contribution in [0.1, 0.15) is 49.4 Å². The number of hydrogen-bond donors (Lipinski definition) is 2. The molecule has 22 heavy (non-hydrogen) atoms. The molecule has 0 radical (unpaired) electrons. The van der Waals surface area contributed by atoms with Gasteiger partial charge in [-0.1, -0.05) is 12.8 Å². The van der Waals surface area contributed by atoms with Crippen LogP contribution in [0, 0.1) is 13.8 Å². The summed E-state index contributed by atoms with van der Waals surface area (Å²) in [5, 5.41) is 6.85. The molecule has 0 saturated heterocycles. The molecule has 2 rings (SSSR count). The average molecular weight is 304 g/mol. The maximum atomic E-state index is 5.46. The number of aromatic nitrogens is 1. The number of nitrogens with zero attached hydrogens (tertiary/aromatic N) is 2. The van der Waals surface area contributed by atoms with E-state index in [1.807, 2.05) is 20.0 Å². The summed E-state index contributed by atoms with van der Waals surface area (Å²) in [7, 11) is 1.70. The second kappa shape index (κ2) is 8.01. The van der Waals surface area contributed by atoms with E-state index in [0.717, 1.165) is 35.1 Å². The highest BCUT2D eigenvalue weighted by Crippen LogP contribution is 2.24. The summed E-state index contributed by atoms with van der Waals surface area (Å²) in [4.78, 5) is 9.20. The van der Waals surface area contributed by atoms with E-state index in [-0.39, 0.29) is 0 Å². The van der Waals surface area contributed by atoms with Gasteiger partial charge < -0.3 is 15.4 Å². The van der Waals surface area contributed by atoms with Gasteiger partial charge in [0.05, 0.1) is 19.3 Å². The normalized spacial score (nSPS) is 15.9. The molecule has 1 aliphatic carbocycles. The highest BCUT2D eigenvalue weighted by Gasteiger charge is 2.16. The molecule has 2 N–H and O–H groups in total. The minimum atomic E-state index is 0.555. The van der Waals surface area contributed by atoms with Gasteiger partial charge >= 0.3 is 0 Å². The number of aliphatic imine (C=N–C) groups is 1. The third kappa shape index (κ3) is 4.12. The Morgan fingerprint density at radius 2 is 2.09 bits per heavy atom. The molecule has 1 aliphatic rings. The summed E-state index contributed by atoms with van der Waals surface area (Å²) in [6.07, 6.45) is 6.95. The summed E-state index contributed by atoms with van der Waals surface area (Å²) < 4.78 is 5.46. The van der Waals surface area contributed by atoms with E-state index in [1.165, 1.54) is 25.7 Å². The molecule has 5 heteroatoms. The van der Waals surface area contributed by atoms with E-state index in [1.54, 1.807) is 7.11 Å². The van der Waals surface area contributed by atoms with Crippen molar-refractivity contribution in [2.75, 3.05) is 13.7 Å². The summed E-state index contributed by atoms with van der Waals surface area (Å²) in [5.41, 5.74) is 3.10. The van der Waals surface area contributed by atoms with Crippen LogP contribution in [0.15, 0.2) is 11.2 Å². The Morgan fingerprint density at radius 1 is 1.36 bits per heavy atom. The SMILES string of the molecule is CCNC(=NCc1ncc(C)c(OC)c1C)NC1CCCC1. The predicted octanol–water partition coefficient (Wildman–Crippen LogP) is 2.70. The van der Waals surface area contributed by atoms with Gasteiger partial charge in [-0.15, -0.1) is 0 Å². The molecule has 0 atom stereocenters. The molecule has 1 saturated carbocycles. The molecular formula is C17H28N4O. The van der Waals surface area contributed by atoms with Gasteiger partial charge in [0.1, 0.15) is 5.75 Å². The van der Waals surface area contributed by atoms with Crippen molar-refractivity contribution in [3.63, 3.8) is 0 Å². The largest absolute Gasteiger partial charge is 0.496 e. The first kappa shape index (κ1) is 16.6. The lowest BCUT2D eigenvalue weighted by molar-refractivity contribution is 0.407. The Balaban J connectivity index is 2.09. The van der Waals surface area contributed by atoms with E-state index < -0.39 is 0 Å². The van der Waals surface area contributed by atoms with Crippen LogP contribution in [-0.4, -0.2) is 30.6 Å². The van der Waals surface area contributed by atoms with E-state index >= 15 is 0 Å². The first-order valence-corrected chi connectivity index (χ1v) is 8.19. The Hall–Kier alpha value is -1.78. The number of guanidine groups is 1. The Labute approximate surface area is 133 Å². The van der Waals surface area contributed by atoms with Gasteiger partial charge in [0.2, 0.25) is 0 Å². The smallest absolute Gasteiger partial charge is 0.191 e. The summed E-state index contributed by atoms with van der Waals surface area (Å²) in [5.74, 6) is 1.80. The van der Waals surface area contributed by atoms with Crippen LogP contribution in [0.5, 0.6) is 5.75 Å². The van der Waals surface area contributed by atoms with Crippen molar-refractivity contribution in [1.82, 2.24) is 15.6 Å². The van der Waals surface area contributed by atoms with Gasteiger partial charge in [0.15, 0.2) is 5.96 Å². The van der Waals surface area contributed by atoms with Crippen LogP contribution in [0.3, 0.4) is 0 Å². The quantitative estimate of drug-likeness (QED) is 0.648. The zero-order chi connectivity index (χ0) is 15.9. The van der Waals surface area contributed by atoms with Crippen molar-refractivity contribution < 1.29 is 4.74 Å². The van der Waals surface area contributed by atoms with Crippen LogP contribution in [0.25, 0.3) is 0 Å². The second-order valence-electron chi connectivity index (χ2n) is 5.87. The van der Waals surface area contributed by atoms with Gasteiger partial charge in [0.25, 0.3) is 0 Å². The van der Waals surface area contributed by atoms with E-state index in [0.29, 0.717) is 12.6 Å². The molecule has 0 aliphatic heterocycles. The molecule has 0 aromatic carbocycles. The summed E-state index contributed by atoms with van der Waals surface area (Å²) in [6, 6.07) is 0.555. The van der Waals surface area contributed by atoms with Crippen molar-refractivity contribution in [2.45, 2.75) is 59.0 Å². The first-order valence-electron chi connectivity index (χ1n) is 8.19. The van der Waals surface area contributed by atoms with E-state index in [9.17, 15) is 0 Å². The zero-order valence-corrected chi connectivity index (χ0v) is 14.2. The fraction of sp³-hybridized carbons (Fsp3) is 0.647. The van der Waals surface area contributed by atoms with E-state index in [2.05, 4.69) is 27.5 Å². The third-order valence-electron chi connectivity index (χ3n) is 4.18. The Bertz CT molecular complexity index is 522. The van der Waals surface area contributed by atoms with Crippen molar-refractivity contribution in [3.8, 4) is 5.75 Å². The number of hydrogen-bond acceptors (Lipinski definition) is 3. The Morgan fingerprint density at radius 3 is 2.73 bits per heavy atom. The van der Waals surface area contributed by atoms with Gasteiger partial charge in [-0.2, -0.15) is 0 Å². The first-order chi connectivity index (χ1) is 10.7. The number of methoxy groups -OCH3 is 1. The second-order valence-corrected chi connectivity index (χ2v) is 5.87. The zero-order valence-electron chi connectivity index (χ0n) is 14.2. The van der Waals surface area contributed by atoms with Gasteiger partial charge in [-0.05, 0) is 33.6 Å². The Kier molecular flexibility index (Phi) is 6.04. The maximum absolute atomic E-state index is 5.46. The predicted molar refractivity (Wildman–Crippen MR) is 90.5 cm³/mol. The standard InChI is InChI=1S/C17H28N4O/c1-5-18-17(21-14-8-6-7-9-14)20-11-15-13(3)16(22-4)12(2)10-19-15/h10,14H,5-9,11H2,1-4H3,(H2,18,20,21). The van der Waals surface area contributed by atoms with Gasteiger partial charge in [0, 0.05) is 29.9 Å². The number of ether oxygens (including phenoxy) is 1. The van der Waals surface area contributed by atoms with Crippen molar-refractivity contribution >= 4 is 5.96 Å². The molecule has 5 nitrogen and oxygen atoms in total. The molecule has 0 spiro atoms. The number of aryl methyl sites for hydroxylation is 1. The molecule has 0 bridgehead atoms. The van der Waals surface area contributed by atoms with Gasteiger partial charge in [-0.25, -0.2) is 4.99 Å². The molecular weight excluding hydrogens is 276 g/mol. The number of rotatable bonds is 5. The van der Waals surface area contributed by atoms with Crippen LogP contribution in [0.4, 0.5) is 0 Å².